The molecule has 0 bridgehead atoms. The van der Waals surface area contributed by atoms with Gasteiger partial charge >= 0.3 is 0 Å². The molecule has 0 unspecified atom stereocenters. The molecule has 0 saturated heterocycles. The lowest BCUT2D eigenvalue weighted by Crippen LogP contribution is -2.48. The lowest BCUT2D eigenvalue weighted by Gasteiger charge is -2.39. The molecule has 1 saturated carbocycles. The highest BCUT2D eigenvalue weighted by atomic mass is 35.5. The fraction of sp³-hybridized carbons (Fsp3) is 0.571. The summed E-state index contributed by atoms with van der Waals surface area (Å²) in [5.41, 5.74) is 7.53. The predicted octanol–water partition coefficient (Wildman–Crippen LogP) is 3.04. The standard InChI is InChI=1S/C14H21ClN2/c1-17(10-9-14(16)7-4-8-14)11-12-5-2-3-6-13(12)15/h2-3,5-6H,4,7-11,16H2,1H3. The third kappa shape index (κ3) is 3.44. The van der Waals surface area contributed by atoms with Crippen LogP contribution in [0.5, 0.6) is 0 Å². The number of hydrogen-bond acceptors (Lipinski definition) is 2. The lowest BCUT2D eigenvalue weighted by molar-refractivity contribution is 0.193. The van der Waals surface area contributed by atoms with E-state index in [1.165, 1.54) is 24.8 Å². The number of hydrogen-bond donors (Lipinski definition) is 1. The monoisotopic (exact) mass is 252 g/mol. The van der Waals surface area contributed by atoms with Crippen LogP contribution in [-0.4, -0.2) is 24.0 Å². The van der Waals surface area contributed by atoms with Crippen molar-refractivity contribution in [3.05, 3.63) is 34.9 Å². The van der Waals surface area contributed by atoms with E-state index in [1.54, 1.807) is 0 Å². The summed E-state index contributed by atoms with van der Waals surface area (Å²) in [6.45, 7) is 1.94. The van der Waals surface area contributed by atoms with Crippen molar-refractivity contribution in [2.24, 2.45) is 5.73 Å². The molecule has 0 aromatic heterocycles. The van der Waals surface area contributed by atoms with Crippen LogP contribution in [-0.2, 0) is 6.54 Å². The molecule has 17 heavy (non-hydrogen) atoms. The second kappa shape index (κ2) is 5.38. The summed E-state index contributed by atoms with van der Waals surface area (Å²) in [5, 5.41) is 0.852. The van der Waals surface area contributed by atoms with Gasteiger partial charge in [0, 0.05) is 17.1 Å². The minimum atomic E-state index is 0.120. The minimum Gasteiger partial charge on any atom is -0.325 e. The zero-order valence-corrected chi connectivity index (χ0v) is 11.2. The summed E-state index contributed by atoms with van der Waals surface area (Å²) in [5.74, 6) is 0. The van der Waals surface area contributed by atoms with Gasteiger partial charge in [0.15, 0.2) is 0 Å². The van der Waals surface area contributed by atoms with Crippen LogP contribution in [0, 0.1) is 0 Å². The first-order chi connectivity index (χ1) is 8.09. The Bertz CT molecular complexity index is 374. The van der Waals surface area contributed by atoms with Crippen LogP contribution in [0.2, 0.25) is 5.02 Å². The first kappa shape index (κ1) is 12.9. The summed E-state index contributed by atoms with van der Waals surface area (Å²) < 4.78 is 0. The van der Waals surface area contributed by atoms with Crippen LogP contribution in [0.4, 0.5) is 0 Å². The van der Waals surface area contributed by atoms with Gasteiger partial charge in [-0.1, -0.05) is 29.8 Å². The average Bonchev–Trinajstić information content (AvgIpc) is 2.27. The van der Waals surface area contributed by atoms with Gasteiger partial charge in [-0.15, -0.1) is 0 Å². The molecule has 1 fully saturated rings. The maximum Gasteiger partial charge on any atom is 0.0451 e. The molecule has 0 radical (unpaired) electrons. The van der Waals surface area contributed by atoms with Gasteiger partial charge in [0.25, 0.3) is 0 Å². The van der Waals surface area contributed by atoms with Crippen molar-refractivity contribution in [3.8, 4) is 0 Å². The number of rotatable bonds is 5. The van der Waals surface area contributed by atoms with Gasteiger partial charge < -0.3 is 10.6 Å². The Kier molecular flexibility index (Phi) is 4.08. The van der Waals surface area contributed by atoms with E-state index >= 15 is 0 Å². The van der Waals surface area contributed by atoms with Gasteiger partial charge in [-0.2, -0.15) is 0 Å². The van der Waals surface area contributed by atoms with Crippen molar-refractivity contribution < 1.29 is 0 Å². The van der Waals surface area contributed by atoms with Crippen LogP contribution in [0.25, 0.3) is 0 Å². The molecule has 2 rings (SSSR count). The van der Waals surface area contributed by atoms with E-state index in [1.807, 2.05) is 18.2 Å². The maximum atomic E-state index is 6.22. The second-order valence-electron chi connectivity index (χ2n) is 5.30. The summed E-state index contributed by atoms with van der Waals surface area (Å²) in [6.07, 6.45) is 4.76. The van der Waals surface area contributed by atoms with Gasteiger partial charge in [0.05, 0.1) is 0 Å². The fourth-order valence-corrected chi connectivity index (χ4v) is 2.49. The molecule has 1 aliphatic carbocycles. The van der Waals surface area contributed by atoms with E-state index in [-0.39, 0.29) is 5.54 Å². The molecule has 1 aromatic rings. The molecule has 2 nitrogen and oxygen atoms in total. The van der Waals surface area contributed by atoms with E-state index in [0.717, 1.165) is 24.5 Å². The van der Waals surface area contributed by atoms with Crippen LogP contribution >= 0.6 is 11.6 Å². The second-order valence-corrected chi connectivity index (χ2v) is 5.70. The number of nitrogens with two attached hydrogens (primary N) is 1. The molecule has 94 valence electrons. The topological polar surface area (TPSA) is 29.3 Å². The molecular weight excluding hydrogens is 232 g/mol. The van der Waals surface area contributed by atoms with Crippen LogP contribution in [0.15, 0.2) is 24.3 Å². The summed E-state index contributed by atoms with van der Waals surface area (Å²) in [7, 11) is 2.13. The highest BCUT2D eigenvalue weighted by Gasteiger charge is 2.31. The Morgan fingerprint density at radius 3 is 2.65 bits per heavy atom. The third-order valence-corrected chi connectivity index (χ3v) is 4.11. The van der Waals surface area contributed by atoms with Crippen LogP contribution < -0.4 is 5.73 Å². The molecule has 0 aliphatic heterocycles. The highest BCUT2D eigenvalue weighted by molar-refractivity contribution is 6.31. The largest absolute Gasteiger partial charge is 0.325 e. The van der Waals surface area contributed by atoms with Crippen LogP contribution in [0.3, 0.4) is 0 Å². The number of nitrogens with zero attached hydrogens (tertiary/aromatic N) is 1. The molecule has 0 amide bonds. The Morgan fingerprint density at radius 1 is 1.35 bits per heavy atom. The van der Waals surface area contributed by atoms with E-state index < -0.39 is 0 Å². The summed E-state index contributed by atoms with van der Waals surface area (Å²) >= 11 is 6.15. The van der Waals surface area contributed by atoms with E-state index in [0.29, 0.717) is 0 Å². The fourth-order valence-electron chi connectivity index (χ4n) is 2.29. The van der Waals surface area contributed by atoms with Gasteiger partial charge in [-0.25, -0.2) is 0 Å². The van der Waals surface area contributed by atoms with Crippen molar-refractivity contribution in [1.29, 1.82) is 0 Å². The Balaban J connectivity index is 1.81. The van der Waals surface area contributed by atoms with E-state index in [9.17, 15) is 0 Å². The van der Waals surface area contributed by atoms with Crippen molar-refractivity contribution in [2.75, 3.05) is 13.6 Å². The normalized spacial score (nSPS) is 18.1. The van der Waals surface area contributed by atoms with E-state index in [2.05, 4.69) is 18.0 Å². The molecule has 0 atom stereocenters. The molecule has 0 heterocycles. The Labute approximate surface area is 109 Å². The van der Waals surface area contributed by atoms with Crippen molar-refractivity contribution in [2.45, 2.75) is 37.8 Å². The van der Waals surface area contributed by atoms with Crippen LogP contribution in [0.1, 0.15) is 31.2 Å². The molecular formula is C14H21ClN2. The maximum absolute atomic E-state index is 6.22. The quantitative estimate of drug-likeness (QED) is 0.873. The number of benzene rings is 1. The Hall–Kier alpha value is -0.570. The first-order valence-electron chi connectivity index (χ1n) is 6.30. The zero-order valence-electron chi connectivity index (χ0n) is 10.5. The highest BCUT2D eigenvalue weighted by Crippen LogP contribution is 2.32. The van der Waals surface area contributed by atoms with E-state index in [4.69, 9.17) is 17.3 Å². The number of halogens is 1. The summed E-state index contributed by atoms with van der Waals surface area (Å²) in [4.78, 5) is 2.30. The SMILES string of the molecule is CN(CCC1(N)CCC1)Cc1ccccc1Cl. The van der Waals surface area contributed by atoms with Gasteiger partial charge in [-0.05, 0) is 50.9 Å². The van der Waals surface area contributed by atoms with Gasteiger partial charge in [0.1, 0.15) is 0 Å². The molecule has 1 aliphatic rings. The Morgan fingerprint density at radius 2 is 2.06 bits per heavy atom. The smallest absolute Gasteiger partial charge is 0.0451 e. The third-order valence-electron chi connectivity index (χ3n) is 3.74. The molecule has 3 heteroatoms. The van der Waals surface area contributed by atoms with Crippen molar-refractivity contribution in [3.63, 3.8) is 0 Å². The van der Waals surface area contributed by atoms with Gasteiger partial charge in [-0.3, -0.25) is 0 Å². The predicted molar refractivity (Wildman–Crippen MR) is 73.2 cm³/mol. The summed E-state index contributed by atoms with van der Waals surface area (Å²) in [6, 6.07) is 8.03. The molecule has 2 N–H and O–H groups in total. The molecule has 0 spiro atoms. The van der Waals surface area contributed by atoms with Gasteiger partial charge in [0.2, 0.25) is 0 Å². The minimum absolute atomic E-state index is 0.120. The lowest BCUT2D eigenvalue weighted by atomic mass is 9.75. The van der Waals surface area contributed by atoms with Crippen molar-refractivity contribution >= 4 is 11.6 Å². The average molecular weight is 253 g/mol. The molecule has 1 aromatic carbocycles. The van der Waals surface area contributed by atoms with Crippen molar-refractivity contribution in [1.82, 2.24) is 4.90 Å². The first-order valence-corrected chi connectivity index (χ1v) is 6.68. The zero-order chi connectivity index (χ0) is 12.3.